The van der Waals surface area contributed by atoms with Crippen LogP contribution in [0.2, 0.25) is 0 Å². The predicted octanol–water partition coefficient (Wildman–Crippen LogP) is 5.51. The van der Waals surface area contributed by atoms with Crippen LogP contribution in [0.1, 0.15) is 62.3 Å². The molecule has 0 aliphatic carbocycles. The Hall–Kier alpha value is -2.09. The van der Waals surface area contributed by atoms with E-state index >= 15 is 0 Å². The van der Waals surface area contributed by atoms with Gasteiger partial charge in [-0.15, -0.1) is 0 Å². The average Bonchev–Trinajstić information content (AvgIpc) is 2.62. The SMILES string of the molecule is CCc1cc(CC)c(NC(=O)CC(C)c2ccccc2)c(CC)c1. The summed E-state index contributed by atoms with van der Waals surface area (Å²) in [5, 5.41) is 3.19. The van der Waals surface area contributed by atoms with Crippen molar-refractivity contribution in [2.45, 2.75) is 59.3 Å². The molecule has 24 heavy (non-hydrogen) atoms. The molecule has 0 spiro atoms. The molecule has 0 saturated carbocycles. The molecule has 1 N–H and O–H groups in total. The zero-order valence-electron chi connectivity index (χ0n) is 15.4. The van der Waals surface area contributed by atoms with Gasteiger partial charge in [0.15, 0.2) is 0 Å². The summed E-state index contributed by atoms with van der Waals surface area (Å²) in [6.07, 6.45) is 3.40. The molecule has 1 atom stereocenters. The number of aryl methyl sites for hydroxylation is 3. The Morgan fingerprint density at radius 3 is 2.04 bits per heavy atom. The Labute approximate surface area is 146 Å². The van der Waals surface area contributed by atoms with Gasteiger partial charge >= 0.3 is 0 Å². The molecule has 2 rings (SSSR count). The molecule has 128 valence electrons. The van der Waals surface area contributed by atoms with E-state index in [0.29, 0.717) is 6.42 Å². The number of rotatable bonds is 7. The Morgan fingerprint density at radius 1 is 0.958 bits per heavy atom. The topological polar surface area (TPSA) is 29.1 Å². The van der Waals surface area contributed by atoms with E-state index in [1.54, 1.807) is 0 Å². The second kappa shape index (κ2) is 8.68. The van der Waals surface area contributed by atoms with Crippen LogP contribution in [0.15, 0.2) is 42.5 Å². The molecule has 1 amide bonds. The number of benzene rings is 2. The van der Waals surface area contributed by atoms with Gasteiger partial charge in [0.1, 0.15) is 0 Å². The van der Waals surface area contributed by atoms with Gasteiger partial charge in [-0.05, 0) is 47.4 Å². The molecule has 0 aromatic heterocycles. The minimum atomic E-state index is 0.0972. The van der Waals surface area contributed by atoms with E-state index in [2.05, 4.69) is 57.3 Å². The van der Waals surface area contributed by atoms with Gasteiger partial charge in [0, 0.05) is 12.1 Å². The molecule has 0 saturated heterocycles. The zero-order chi connectivity index (χ0) is 17.5. The van der Waals surface area contributed by atoms with Crippen LogP contribution in [0.5, 0.6) is 0 Å². The third kappa shape index (κ3) is 4.47. The minimum absolute atomic E-state index is 0.0972. The van der Waals surface area contributed by atoms with Gasteiger partial charge in [-0.2, -0.15) is 0 Å². The molecule has 0 aliphatic rings. The minimum Gasteiger partial charge on any atom is -0.326 e. The smallest absolute Gasteiger partial charge is 0.224 e. The van der Waals surface area contributed by atoms with Gasteiger partial charge in [0.05, 0.1) is 0 Å². The van der Waals surface area contributed by atoms with E-state index in [1.807, 2.05) is 18.2 Å². The maximum Gasteiger partial charge on any atom is 0.224 e. The van der Waals surface area contributed by atoms with Gasteiger partial charge in [0.25, 0.3) is 0 Å². The molecule has 2 aromatic carbocycles. The van der Waals surface area contributed by atoms with Crippen molar-refractivity contribution in [3.63, 3.8) is 0 Å². The van der Waals surface area contributed by atoms with Gasteiger partial charge in [-0.25, -0.2) is 0 Å². The van der Waals surface area contributed by atoms with Crippen molar-refractivity contribution in [2.24, 2.45) is 0 Å². The first-order valence-corrected chi connectivity index (χ1v) is 9.08. The van der Waals surface area contributed by atoms with Gasteiger partial charge in [-0.1, -0.05) is 70.2 Å². The molecule has 0 aliphatic heterocycles. The molecular formula is C22H29NO. The van der Waals surface area contributed by atoms with Crippen molar-refractivity contribution >= 4 is 11.6 Å². The Bertz CT molecular complexity index is 651. The van der Waals surface area contributed by atoms with Crippen molar-refractivity contribution in [2.75, 3.05) is 5.32 Å². The summed E-state index contributed by atoms with van der Waals surface area (Å²) in [6, 6.07) is 14.7. The second-order valence-electron chi connectivity index (χ2n) is 6.41. The Kier molecular flexibility index (Phi) is 6.60. The first kappa shape index (κ1) is 18.3. The van der Waals surface area contributed by atoms with Gasteiger partial charge < -0.3 is 5.32 Å². The van der Waals surface area contributed by atoms with Crippen molar-refractivity contribution in [1.29, 1.82) is 0 Å². The average molecular weight is 323 g/mol. The van der Waals surface area contributed by atoms with E-state index < -0.39 is 0 Å². The zero-order valence-corrected chi connectivity index (χ0v) is 15.4. The van der Waals surface area contributed by atoms with Crippen LogP contribution < -0.4 is 5.32 Å². The number of hydrogen-bond acceptors (Lipinski definition) is 1. The Balaban J connectivity index is 2.16. The summed E-state index contributed by atoms with van der Waals surface area (Å²) >= 11 is 0. The molecular weight excluding hydrogens is 294 g/mol. The van der Waals surface area contributed by atoms with Crippen molar-refractivity contribution in [3.8, 4) is 0 Å². The molecule has 2 heteroatoms. The second-order valence-corrected chi connectivity index (χ2v) is 6.41. The first-order chi connectivity index (χ1) is 11.6. The van der Waals surface area contributed by atoms with Crippen LogP contribution in [0.25, 0.3) is 0 Å². The lowest BCUT2D eigenvalue weighted by atomic mass is 9.96. The highest BCUT2D eigenvalue weighted by Crippen LogP contribution is 2.27. The van der Waals surface area contributed by atoms with E-state index in [0.717, 1.165) is 24.9 Å². The standard InChI is InChI=1S/C22H29NO/c1-5-17-14-18(6-2)22(19(7-3)15-17)23-21(24)13-16(4)20-11-9-8-10-12-20/h8-12,14-16H,5-7,13H2,1-4H3,(H,23,24). The fourth-order valence-electron chi connectivity index (χ4n) is 3.13. The third-order valence-electron chi connectivity index (χ3n) is 4.66. The molecule has 2 aromatic rings. The summed E-state index contributed by atoms with van der Waals surface area (Å²) in [5.74, 6) is 0.316. The molecule has 0 heterocycles. The highest BCUT2D eigenvalue weighted by molar-refractivity contribution is 5.93. The number of nitrogens with one attached hydrogen (secondary N) is 1. The summed E-state index contributed by atoms with van der Waals surface area (Å²) in [7, 11) is 0. The molecule has 0 bridgehead atoms. The monoisotopic (exact) mass is 323 g/mol. The number of anilines is 1. The highest BCUT2D eigenvalue weighted by atomic mass is 16.1. The van der Waals surface area contributed by atoms with Crippen molar-refractivity contribution in [3.05, 3.63) is 64.7 Å². The number of hydrogen-bond donors (Lipinski definition) is 1. The summed E-state index contributed by atoms with van der Waals surface area (Å²) < 4.78 is 0. The van der Waals surface area contributed by atoms with E-state index in [1.165, 1.54) is 22.3 Å². The van der Waals surface area contributed by atoms with Crippen LogP contribution in [-0.2, 0) is 24.1 Å². The summed E-state index contributed by atoms with van der Waals surface area (Å²) in [6.45, 7) is 8.58. The lowest BCUT2D eigenvalue weighted by Gasteiger charge is -2.18. The van der Waals surface area contributed by atoms with Crippen LogP contribution in [0.3, 0.4) is 0 Å². The number of amides is 1. The predicted molar refractivity (Wildman–Crippen MR) is 103 cm³/mol. The van der Waals surface area contributed by atoms with Crippen LogP contribution in [-0.4, -0.2) is 5.91 Å². The molecule has 1 unspecified atom stereocenters. The lowest BCUT2D eigenvalue weighted by molar-refractivity contribution is -0.116. The lowest BCUT2D eigenvalue weighted by Crippen LogP contribution is -2.17. The van der Waals surface area contributed by atoms with Gasteiger partial charge in [0.2, 0.25) is 5.91 Å². The number of carbonyl (C=O) groups is 1. The molecule has 2 nitrogen and oxygen atoms in total. The molecule has 0 radical (unpaired) electrons. The quantitative estimate of drug-likeness (QED) is 0.715. The maximum atomic E-state index is 12.6. The normalized spacial score (nSPS) is 12.0. The number of carbonyl (C=O) groups excluding carboxylic acids is 1. The third-order valence-corrected chi connectivity index (χ3v) is 4.66. The highest BCUT2D eigenvalue weighted by Gasteiger charge is 2.15. The van der Waals surface area contributed by atoms with E-state index in [9.17, 15) is 4.79 Å². The molecule has 0 fully saturated rings. The van der Waals surface area contributed by atoms with Crippen molar-refractivity contribution < 1.29 is 4.79 Å². The first-order valence-electron chi connectivity index (χ1n) is 9.08. The maximum absolute atomic E-state index is 12.6. The largest absolute Gasteiger partial charge is 0.326 e. The van der Waals surface area contributed by atoms with Crippen molar-refractivity contribution in [1.82, 2.24) is 0 Å². The fraction of sp³-hybridized carbons (Fsp3) is 0.409. The van der Waals surface area contributed by atoms with E-state index in [4.69, 9.17) is 0 Å². The van der Waals surface area contributed by atoms with Crippen LogP contribution in [0.4, 0.5) is 5.69 Å². The summed E-state index contributed by atoms with van der Waals surface area (Å²) in [4.78, 5) is 12.6. The Morgan fingerprint density at radius 2 is 1.54 bits per heavy atom. The summed E-state index contributed by atoms with van der Waals surface area (Å²) in [5.41, 5.74) is 6.07. The fourth-order valence-corrected chi connectivity index (χ4v) is 3.13. The van der Waals surface area contributed by atoms with Crippen LogP contribution >= 0.6 is 0 Å². The van der Waals surface area contributed by atoms with Crippen LogP contribution in [0, 0.1) is 0 Å². The van der Waals surface area contributed by atoms with Gasteiger partial charge in [-0.3, -0.25) is 4.79 Å². The van der Waals surface area contributed by atoms with E-state index in [-0.39, 0.29) is 11.8 Å².